The molecule has 4 rings (SSSR count). The van der Waals surface area contributed by atoms with E-state index in [1.165, 1.54) is 12.5 Å². The molecule has 9 nitrogen and oxygen atoms in total. The Labute approximate surface area is 237 Å². The summed E-state index contributed by atoms with van der Waals surface area (Å²) in [5.74, 6) is 0.720. The first-order valence-electron chi connectivity index (χ1n) is 14.3. The van der Waals surface area contributed by atoms with Gasteiger partial charge in [-0.3, -0.25) is 4.79 Å². The predicted molar refractivity (Wildman–Crippen MR) is 159 cm³/mol. The number of pyridine rings is 1. The van der Waals surface area contributed by atoms with E-state index >= 15 is 0 Å². The van der Waals surface area contributed by atoms with E-state index < -0.39 is 16.1 Å². The Bertz CT molecular complexity index is 1360. The molecule has 0 spiro atoms. The lowest BCUT2D eigenvalue weighted by Gasteiger charge is -2.26. The molecule has 1 aliphatic rings. The number of hydrogen-bond acceptors (Lipinski definition) is 7. The van der Waals surface area contributed by atoms with Crippen molar-refractivity contribution in [2.75, 3.05) is 45.0 Å². The maximum absolute atomic E-state index is 12.2. The maximum atomic E-state index is 12.2. The summed E-state index contributed by atoms with van der Waals surface area (Å²) in [5.41, 5.74) is 2.07. The Morgan fingerprint density at radius 2 is 1.73 bits per heavy atom. The van der Waals surface area contributed by atoms with E-state index in [0.717, 1.165) is 56.1 Å². The van der Waals surface area contributed by atoms with Gasteiger partial charge < -0.3 is 25.0 Å². The number of fused-ring (bicyclic) bond motifs is 1. The lowest BCUT2D eigenvalue weighted by atomic mass is 10.0. The number of likely N-dealkylation sites (tertiary alicyclic amines) is 1. The van der Waals surface area contributed by atoms with Crippen LogP contribution in [0.1, 0.15) is 55.8 Å². The summed E-state index contributed by atoms with van der Waals surface area (Å²) in [5, 5.41) is 14.9. The minimum atomic E-state index is -3.23. The zero-order chi connectivity index (χ0) is 28.2. The summed E-state index contributed by atoms with van der Waals surface area (Å²) in [4.78, 5) is 17.1. The molecule has 2 aromatic carbocycles. The smallest absolute Gasteiger partial charge is 0.248 e. The Morgan fingerprint density at radius 3 is 2.52 bits per heavy atom. The highest BCUT2D eigenvalue weighted by Crippen LogP contribution is 2.30. The molecule has 0 aliphatic carbocycles. The molecule has 1 unspecified atom stereocenters. The number of aromatic amines is 1. The quantitative estimate of drug-likeness (QED) is 0.195. The second-order valence-electron chi connectivity index (χ2n) is 10.4. The van der Waals surface area contributed by atoms with Crippen molar-refractivity contribution in [3.05, 3.63) is 76.1 Å². The molecule has 10 heteroatoms. The number of hydrogen-bond donors (Lipinski definition) is 4. The van der Waals surface area contributed by atoms with Crippen LogP contribution >= 0.6 is 0 Å². The minimum Gasteiger partial charge on any atom is -0.487 e. The lowest BCUT2D eigenvalue weighted by Crippen LogP contribution is -2.37. The number of aliphatic hydroxyl groups excluding tert-OH is 1. The van der Waals surface area contributed by atoms with Gasteiger partial charge >= 0.3 is 0 Å². The zero-order valence-corrected chi connectivity index (χ0v) is 23.9. The van der Waals surface area contributed by atoms with E-state index in [4.69, 9.17) is 4.74 Å². The summed E-state index contributed by atoms with van der Waals surface area (Å²) in [7, 11) is -3.23. The second kappa shape index (κ2) is 15.3. The summed E-state index contributed by atoms with van der Waals surface area (Å²) < 4.78 is 33.2. The van der Waals surface area contributed by atoms with Gasteiger partial charge in [-0.05, 0) is 68.6 Å². The van der Waals surface area contributed by atoms with Crippen molar-refractivity contribution >= 4 is 20.9 Å². The Kier molecular flexibility index (Phi) is 11.6. The van der Waals surface area contributed by atoms with Gasteiger partial charge in [-0.1, -0.05) is 49.2 Å². The predicted octanol–water partition coefficient (Wildman–Crippen LogP) is 3.31. The van der Waals surface area contributed by atoms with E-state index in [1.807, 2.05) is 36.4 Å². The molecule has 40 heavy (non-hydrogen) atoms. The maximum Gasteiger partial charge on any atom is 0.248 e. The van der Waals surface area contributed by atoms with E-state index in [1.54, 1.807) is 12.1 Å². The molecular formula is C30H42N4O5S. The van der Waals surface area contributed by atoms with Gasteiger partial charge in [0, 0.05) is 31.1 Å². The molecule has 1 atom stereocenters. The van der Waals surface area contributed by atoms with Crippen molar-refractivity contribution in [3.8, 4) is 5.75 Å². The third kappa shape index (κ3) is 9.42. The van der Waals surface area contributed by atoms with Crippen molar-refractivity contribution in [1.82, 2.24) is 19.9 Å². The number of benzene rings is 2. The van der Waals surface area contributed by atoms with Crippen molar-refractivity contribution in [2.24, 2.45) is 0 Å². The standard InChI is InChI=1S/C30H42N4O5S/c35-27(22-31-16-6-2-7-17-32-40(37,38)21-20-34-18-8-3-9-19-34)25-12-14-28(30-26(25)13-15-29(36)33-30)39-23-24-10-4-1-5-11-24/h1,4-5,10-15,27,31-32,35H,2-3,6-9,16-23H2,(H,33,36). The second-order valence-corrected chi connectivity index (χ2v) is 12.4. The highest BCUT2D eigenvalue weighted by atomic mass is 32.2. The average molecular weight is 571 g/mol. The first kappa shape index (κ1) is 30.2. The fourth-order valence-electron chi connectivity index (χ4n) is 5.03. The molecule has 1 aromatic heterocycles. The number of ether oxygens (including phenoxy) is 1. The number of aromatic nitrogens is 1. The molecule has 0 bridgehead atoms. The van der Waals surface area contributed by atoms with E-state index in [2.05, 4.69) is 19.9 Å². The van der Waals surface area contributed by atoms with Gasteiger partial charge in [0.2, 0.25) is 15.6 Å². The molecular weight excluding hydrogens is 528 g/mol. The normalized spacial score (nSPS) is 15.3. The SMILES string of the molecule is O=c1ccc2c(C(O)CNCCCCCNS(=O)(=O)CCN3CCCCC3)ccc(OCc3ccccc3)c2[nH]1. The summed E-state index contributed by atoms with van der Waals surface area (Å²) >= 11 is 0. The van der Waals surface area contributed by atoms with Crippen LogP contribution in [0.4, 0.5) is 0 Å². The number of rotatable bonds is 16. The Morgan fingerprint density at radius 1 is 0.950 bits per heavy atom. The van der Waals surface area contributed by atoms with Crippen molar-refractivity contribution < 1.29 is 18.3 Å². The minimum absolute atomic E-state index is 0.162. The van der Waals surface area contributed by atoms with Gasteiger partial charge in [0.1, 0.15) is 12.4 Å². The number of nitrogens with one attached hydrogen (secondary N) is 3. The first-order valence-corrected chi connectivity index (χ1v) is 16.0. The Hall–Kier alpha value is -2.76. The van der Waals surface area contributed by atoms with Gasteiger partial charge in [-0.2, -0.15) is 0 Å². The van der Waals surface area contributed by atoms with Gasteiger partial charge in [0.05, 0.1) is 17.4 Å². The highest BCUT2D eigenvalue weighted by Gasteiger charge is 2.16. The fourth-order valence-corrected chi connectivity index (χ4v) is 6.13. The third-order valence-electron chi connectivity index (χ3n) is 7.30. The third-order valence-corrected chi connectivity index (χ3v) is 8.67. The molecule has 1 fully saturated rings. The molecule has 0 saturated carbocycles. The number of sulfonamides is 1. The molecule has 0 amide bonds. The van der Waals surface area contributed by atoms with E-state index in [0.29, 0.717) is 49.6 Å². The van der Waals surface area contributed by atoms with Crippen LogP contribution in [0.15, 0.2) is 59.4 Å². The summed E-state index contributed by atoms with van der Waals surface area (Å²) in [6.45, 7) is 4.51. The molecule has 1 saturated heterocycles. The first-order chi connectivity index (χ1) is 19.4. The number of H-pyrrole nitrogens is 1. The van der Waals surface area contributed by atoms with Gasteiger partial charge in [0.15, 0.2) is 0 Å². The van der Waals surface area contributed by atoms with Crippen LogP contribution in [0.3, 0.4) is 0 Å². The van der Waals surface area contributed by atoms with Crippen LogP contribution in [-0.4, -0.2) is 68.4 Å². The molecule has 4 N–H and O–H groups in total. The van der Waals surface area contributed by atoms with E-state index in [9.17, 15) is 18.3 Å². The van der Waals surface area contributed by atoms with Crippen molar-refractivity contribution in [2.45, 2.75) is 51.2 Å². The molecule has 2 heterocycles. The highest BCUT2D eigenvalue weighted by molar-refractivity contribution is 7.89. The van der Waals surface area contributed by atoms with Crippen molar-refractivity contribution in [1.29, 1.82) is 0 Å². The van der Waals surface area contributed by atoms with Crippen LogP contribution < -0.4 is 20.3 Å². The van der Waals surface area contributed by atoms with Crippen LogP contribution in [0.5, 0.6) is 5.75 Å². The topological polar surface area (TPSA) is 124 Å². The van der Waals surface area contributed by atoms with E-state index in [-0.39, 0.29) is 11.3 Å². The Balaban J connectivity index is 1.17. The number of piperidine rings is 1. The van der Waals surface area contributed by atoms with Crippen LogP contribution in [0.25, 0.3) is 10.9 Å². The van der Waals surface area contributed by atoms with Crippen molar-refractivity contribution in [3.63, 3.8) is 0 Å². The molecule has 3 aromatic rings. The van der Waals surface area contributed by atoms with Crippen LogP contribution in [-0.2, 0) is 16.6 Å². The number of aliphatic hydroxyl groups is 1. The monoisotopic (exact) mass is 570 g/mol. The molecule has 0 radical (unpaired) electrons. The fraction of sp³-hybridized carbons (Fsp3) is 0.500. The van der Waals surface area contributed by atoms with Gasteiger partial charge in [0.25, 0.3) is 0 Å². The number of unbranched alkanes of at least 4 members (excludes halogenated alkanes) is 2. The molecule has 1 aliphatic heterocycles. The summed E-state index contributed by atoms with van der Waals surface area (Å²) in [6.07, 6.45) is 5.34. The molecule has 218 valence electrons. The summed E-state index contributed by atoms with van der Waals surface area (Å²) in [6, 6.07) is 16.6. The van der Waals surface area contributed by atoms with Crippen LogP contribution in [0, 0.1) is 0 Å². The van der Waals surface area contributed by atoms with Gasteiger partial charge in [-0.15, -0.1) is 0 Å². The number of nitrogens with zero attached hydrogens (tertiary/aromatic N) is 1. The van der Waals surface area contributed by atoms with Gasteiger partial charge in [-0.25, -0.2) is 13.1 Å². The largest absolute Gasteiger partial charge is 0.487 e. The zero-order valence-electron chi connectivity index (χ0n) is 23.1. The lowest BCUT2D eigenvalue weighted by molar-refractivity contribution is 0.176. The average Bonchev–Trinajstić information content (AvgIpc) is 2.97. The van der Waals surface area contributed by atoms with Crippen LogP contribution in [0.2, 0.25) is 0 Å².